The van der Waals surface area contributed by atoms with Crippen LogP contribution in [-0.4, -0.2) is 49.7 Å². The molecule has 0 aliphatic carbocycles. The maximum Gasteiger partial charge on any atom is 0.128 e. The summed E-state index contributed by atoms with van der Waals surface area (Å²) in [6, 6.07) is 4.67. The van der Waals surface area contributed by atoms with E-state index in [1.165, 1.54) is 18.5 Å². The van der Waals surface area contributed by atoms with E-state index < -0.39 is 0 Å². The molecule has 4 nitrogen and oxygen atoms in total. The van der Waals surface area contributed by atoms with Crippen molar-refractivity contribution in [3.8, 4) is 0 Å². The number of rotatable bonds is 10. The van der Waals surface area contributed by atoms with Crippen LogP contribution in [0, 0.1) is 0 Å². The Balaban J connectivity index is 2.55. The second-order valence-corrected chi connectivity index (χ2v) is 5.42. The van der Waals surface area contributed by atoms with Gasteiger partial charge in [0.15, 0.2) is 0 Å². The summed E-state index contributed by atoms with van der Waals surface area (Å²) in [6.45, 7) is 14.3. The molecule has 21 heavy (non-hydrogen) atoms. The van der Waals surface area contributed by atoms with E-state index in [0.717, 1.165) is 32.0 Å². The Bertz CT molecular complexity index is 373. The Morgan fingerprint density at radius 2 is 1.81 bits per heavy atom. The summed E-state index contributed by atoms with van der Waals surface area (Å²) in [7, 11) is 1.98. The molecule has 4 heteroatoms. The third kappa shape index (κ3) is 5.64. The fourth-order valence-electron chi connectivity index (χ4n) is 2.47. The number of anilines is 1. The van der Waals surface area contributed by atoms with E-state index >= 15 is 0 Å². The highest BCUT2D eigenvalue weighted by Gasteiger charge is 2.08. The highest BCUT2D eigenvalue weighted by atomic mass is 15.2. The smallest absolute Gasteiger partial charge is 0.128 e. The first-order valence-electron chi connectivity index (χ1n) is 8.26. The molecule has 0 aromatic carbocycles. The van der Waals surface area contributed by atoms with Crippen LogP contribution >= 0.6 is 0 Å². The average molecular weight is 292 g/mol. The third-order valence-electron chi connectivity index (χ3n) is 4.21. The number of aromatic nitrogens is 1. The van der Waals surface area contributed by atoms with Crippen LogP contribution in [0.15, 0.2) is 18.3 Å². The lowest BCUT2D eigenvalue weighted by molar-refractivity contribution is 0.300. The Kier molecular flexibility index (Phi) is 8.31. The van der Waals surface area contributed by atoms with Crippen molar-refractivity contribution in [2.75, 3.05) is 44.7 Å². The summed E-state index contributed by atoms with van der Waals surface area (Å²) in [6.07, 6.45) is 3.18. The first kappa shape index (κ1) is 17.9. The van der Waals surface area contributed by atoms with Crippen LogP contribution in [0.3, 0.4) is 0 Å². The van der Waals surface area contributed by atoms with Crippen molar-refractivity contribution in [3.05, 3.63) is 23.9 Å². The predicted molar refractivity (Wildman–Crippen MR) is 92.0 cm³/mol. The van der Waals surface area contributed by atoms with Gasteiger partial charge in [-0.25, -0.2) is 4.98 Å². The molecule has 0 aliphatic heterocycles. The predicted octanol–water partition coefficient (Wildman–Crippen LogP) is 2.92. The second-order valence-electron chi connectivity index (χ2n) is 5.42. The van der Waals surface area contributed by atoms with Gasteiger partial charge in [-0.1, -0.05) is 19.9 Å². The van der Waals surface area contributed by atoms with Gasteiger partial charge in [0.25, 0.3) is 0 Å². The molecule has 0 saturated carbocycles. The first-order chi connectivity index (χ1) is 10.2. The molecular formula is C17H32N4. The molecule has 1 unspecified atom stereocenters. The topological polar surface area (TPSA) is 31.4 Å². The number of pyridine rings is 1. The van der Waals surface area contributed by atoms with E-state index in [9.17, 15) is 0 Å². The van der Waals surface area contributed by atoms with Crippen LogP contribution in [0.5, 0.6) is 0 Å². The Morgan fingerprint density at radius 3 is 2.29 bits per heavy atom. The summed E-state index contributed by atoms with van der Waals surface area (Å²) in [5.74, 6) is 1.09. The Labute approximate surface area is 130 Å². The SMILES string of the molecule is CCN(CC)CCCN(CC)c1ccc(C(C)NC)cn1. The highest BCUT2D eigenvalue weighted by molar-refractivity contribution is 5.39. The Morgan fingerprint density at radius 1 is 1.10 bits per heavy atom. The molecule has 0 spiro atoms. The van der Waals surface area contributed by atoms with Crippen molar-refractivity contribution in [1.29, 1.82) is 0 Å². The quantitative estimate of drug-likeness (QED) is 0.718. The van der Waals surface area contributed by atoms with E-state index in [1.54, 1.807) is 0 Å². The number of nitrogens with zero attached hydrogens (tertiary/aromatic N) is 3. The van der Waals surface area contributed by atoms with E-state index in [0.29, 0.717) is 6.04 Å². The Hall–Kier alpha value is -1.13. The van der Waals surface area contributed by atoms with Gasteiger partial charge in [-0.2, -0.15) is 0 Å². The van der Waals surface area contributed by atoms with Gasteiger partial charge >= 0.3 is 0 Å². The summed E-state index contributed by atoms with van der Waals surface area (Å²) in [5.41, 5.74) is 1.24. The molecule has 1 aromatic rings. The van der Waals surface area contributed by atoms with Gasteiger partial charge in [-0.05, 0) is 58.6 Å². The van der Waals surface area contributed by atoms with E-state index in [4.69, 9.17) is 0 Å². The summed E-state index contributed by atoms with van der Waals surface area (Å²) in [5, 5.41) is 3.24. The molecule has 1 N–H and O–H groups in total. The molecule has 1 heterocycles. The molecule has 0 saturated heterocycles. The van der Waals surface area contributed by atoms with Crippen molar-refractivity contribution < 1.29 is 0 Å². The van der Waals surface area contributed by atoms with Gasteiger partial charge < -0.3 is 15.1 Å². The van der Waals surface area contributed by atoms with Crippen LogP contribution in [-0.2, 0) is 0 Å². The van der Waals surface area contributed by atoms with Gasteiger partial charge in [-0.15, -0.1) is 0 Å². The number of hydrogen-bond acceptors (Lipinski definition) is 4. The minimum absolute atomic E-state index is 0.351. The van der Waals surface area contributed by atoms with Gasteiger partial charge in [0.1, 0.15) is 5.82 Å². The summed E-state index contributed by atoms with van der Waals surface area (Å²) in [4.78, 5) is 9.46. The molecule has 1 aromatic heterocycles. The average Bonchev–Trinajstić information content (AvgIpc) is 2.55. The maximum atomic E-state index is 4.63. The monoisotopic (exact) mass is 292 g/mol. The molecule has 0 amide bonds. The lowest BCUT2D eigenvalue weighted by atomic mass is 10.1. The van der Waals surface area contributed by atoms with Crippen LogP contribution in [0.1, 0.15) is 45.7 Å². The third-order valence-corrected chi connectivity index (χ3v) is 4.21. The molecule has 0 radical (unpaired) electrons. The standard InChI is InChI=1S/C17H32N4/c1-6-20(7-2)12-9-13-21(8-3)17-11-10-16(14-19-17)15(4)18-5/h10-11,14-15,18H,6-9,12-13H2,1-5H3. The minimum atomic E-state index is 0.351. The molecule has 0 aliphatic rings. The van der Waals surface area contributed by atoms with E-state index in [-0.39, 0.29) is 0 Å². The zero-order valence-corrected chi connectivity index (χ0v) is 14.4. The summed E-state index contributed by atoms with van der Waals surface area (Å²) >= 11 is 0. The second kappa shape index (κ2) is 9.74. The van der Waals surface area contributed by atoms with Gasteiger partial charge in [-0.3, -0.25) is 0 Å². The van der Waals surface area contributed by atoms with Crippen molar-refractivity contribution in [3.63, 3.8) is 0 Å². The van der Waals surface area contributed by atoms with Crippen LogP contribution in [0.25, 0.3) is 0 Å². The minimum Gasteiger partial charge on any atom is -0.357 e. The molecule has 0 bridgehead atoms. The molecule has 120 valence electrons. The lowest BCUT2D eigenvalue weighted by Crippen LogP contribution is -2.30. The zero-order valence-electron chi connectivity index (χ0n) is 14.4. The molecule has 0 fully saturated rings. The van der Waals surface area contributed by atoms with Crippen LogP contribution in [0.2, 0.25) is 0 Å². The maximum absolute atomic E-state index is 4.63. The van der Waals surface area contributed by atoms with E-state index in [2.05, 4.69) is 59.9 Å². The normalized spacial score (nSPS) is 12.7. The van der Waals surface area contributed by atoms with Gasteiger partial charge in [0.2, 0.25) is 0 Å². The molecule has 1 rings (SSSR count). The van der Waals surface area contributed by atoms with Gasteiger partial charge in [0, 0.05) is 25.3 Å². The number of hydrogen-bond donors (Lipinski definition) is 1. The van der Waals surface area contributed by atoms with Crippen molar-refractivity contribution in [1.82, 2.24) is 15.2 Å². The largest absolute Gasteiger partial charge is 0.357 e. The van der Waals surface area contributed by atoms with Crippen molar-refractivity contribution in [2.24, 2.45) is 0 Å². The molecular weight excluding hydrogens is 260 g/mol. The fraction of sp³-hybridized carbons (Fsp3) is 0.706. The van der Waals surface area contributed by atoms with E-state index in [1.807, 2.05) is 13.2 Å². The fourth-order valence-corrected chi connectivity index (χ4v) is 2.47. The highest BCUT2D eigenvalue weighted by Crippen LogP contribution is 2.16. The van der Waals surface area contributed by atoms with Crippen LogP contribution < -0.4 is 10.2 Å². The van der Waals surface area contributed by atoms with Gasteiger partial charge in [0.05, 0.1) is 0 Å². The lowest BCUT2D eigenvalue weighted by Gasteiger charge is -2.24. The number of nitrogens with one attached hydrogen (secondary N) is 1. The first-order valence-corrected chi connectivity index (χ1v) is 8.26. The molecule has 1 atom stereocenters. The van der Waals surface area contributed by atoms with Crippen molar-refractivity contribution >= 4 is 5.82 Å². The zero-order chi connectivity index (χ0) is 15.7. The summed E-state index contributed by atoms with van der Waals surface area (Å²) < 4.78 is 0. The van der Waals surface area contributed by atoms with Crippen LogP contribution in [0.4, 0.5) is 5.82 Å². The van der Waals surface area contributed by atoms with Crippen molar-refractivity contribution in [2.45, 2.75) is 40.2 Å².